The van der Waals surface area contributed by atoms with E-state index in [0.29, 0.717) is 12.8 Å². The van der Waals surface area contributed by atoms with Crippen LogP contribution >= 0.6 is 7.82 Å². The molecule has 4 nitrogen and oxygen atoms in total. The van der Waals surface area contributed by atoms with Gasteiger partial charge in [0.05, 0.1) is 5.60 Å². The summed E-state index contributed by atoms with van der Waals surface area (Å²) < 4.78 is 15.8. The molecule has 0 unspecified atom stereocenters. The molecule has 0 aliphatic carbocycles. The van der Waals surface area contributed by atoms with Crippen molar-refractivity contribution < 1.29 is 49.9 Å². The third kappa shape index (κ3) is 8.24. The Morgan fingerprint density at radius 3 is 2.00 bits per heavy atom. The average molecular weight is 262 g/mol. The molecule has 0 heterocycles. The van der Waals surface area contributed by atoms with E-state index in [1.807, 2.05) is 13.8 Å². The van der Waals surface area contributed by atoms with Crippen LogP contribution in [-0.2, 0) is 9.09 Å². The van der Waals surface area contributed by atoms with E-state index in [-0.39, 0.29) is 31.0 Å². The summed E-state index contributed by atoms with van der Waals surface area (Å²) in [5, 5.41) is 0. The van der Waals surface area contributed by atoms with Crippen molar-refractivity contribution in [3.63, 3.8) is 0 Å². The topological polar surface area (TPSA) is 66.8 Å². The van der Waals surface area contributed by atoms with E-state index in [1.54, 1.807) is 0 Å². The molecule has 0 aliphatic heterocycles. The van der Waals surface area contributed by atoms with Crippen LogP contribution in [0.2, 0.25) is 0 Å². The molecule has 0 rings (SSSR count). The van der Waals surface area contributed by atoms with E-state index in [9.17, 15) is 4.57 Å². The minimum atomic E-state index is -4.37. The molecule has 0 aromatic rings. The van der Waals surface area contributed by atoms with E-state index >= 15 is 0 Å². The Morgan fingerprint density at radius 1 is 1.19 bits per heavy atom. The molecule has 0 saturated carbocycles. The van der Waals surface area contributed by atoms with E-state index in [4.69, 9.17) is 14.3 Å². The van der Waals surface area contributed by atoms with Crippen molar-refractivity contribution in [3.8, 4) is 0 Å². The molecule has 0 bridgehead atoms. The van der Waals surface area contributed by atoms with Gasteiger partial charge in [-0.2, -0.15) is 0 Å². The first kappa shape index (κ1) is 19.4. The van der Waals surface area contributed by atoms with E-state index in [0.717, 1.165) is 25.7 Å². The molecule has 2 N–H and O–H groups in total. The van der Waals surface area contributed by atoms with Crippen molar-refractivity contribution in [1.29, 1.82) is 0 Å². The van der Waals surface area contributed by atoms with Crippen molar-refractivity contribution in [1.82, 2.24) is 0 Å². The van der Waals surface area contributed by atoms with Gasteiger partial charge in [-0.1, -0.05) is 40.0 Å². The first-order chi connectivity index (χ1) is 6.89. The van der Waals surface area contributed by atoms with Crippen molar-refractivity contribution in [3.05, 3.63) is 0 Å². The Labute approximate surface area is 122 Å². The maximum atomic E-state index is 10.9. The third-order valence-electron chi connectivity index (χ3n) is 2.84. The monoisotopic (exact) mass is 262 g/mol. The second-order valence-electron chi connectivity index (χ2n) is 3.93. The Morgan fingerprint density at radius 2 is 1.69 bits per heavy atom. The molecule has 0 saturated heterocycles. The average Bonchev–Trinajstić information content (AvgIpc) is 2.15. The molecule has 6 heteroatoms. The van der Waals surface area contributed by atoms with Crippen LogP contribution in [0, 0.1) is 0 Å². The predicted molar refractivity (Wildman–Crippen MR) is 61.7 cm³/mol. The number of unbranched alkanes of at least 4 members (excludes halogenated alkanes) is 2. The third-order valence-corrected chi connectivity index (χ3v) is 3.46. The summed E-state index contributed by atoms with van der Waals surface area (Å²) in [4.78, 5) is 17.7. The second kappa shape index (κ2) is 9.09. The Kier molecular flexibility index (Phi) is 11.1. The van der Waals surface area contributed by atoms with Gasteiger partial charge in [0.15, 0.2) is 0 Å². The molecule has 0 amide bonds. The van der Waals surface area contributed by atoms with Gasteiger partial charge in [-0.3, -0.25) is 4.52 Å². The molecular formula is C10H24NaO4P. The zero-order valence-electron chi connectivity index (χ0n) is 11.9. The summed E-state index contributed by atoms with van der Waals surface area (Å²) in [6, 6.07) is 0. The molecule has 16 heavy (non-hydrogen) atoms. The molecule has 0 aromatic heterocycles. The van der Waals surface area contributed by atoms with Crippen LogP contribution in [0.1, 0.15) is 60.7 Å². The van der Waals surface area contributed by atoms with Crippen molar-refractivity contribution in [2.75, 3.05) is 0 Å². The van der Waals surface area contributed by atoms with Crippen LogP contribution in [0.15, 0.2) is 0 Å². The van der Waals surface area contributed by atoms with Crippen LogP contribution in [-0.4, -0.2) is 15.4 Å². The van der Waals surface area contributed by atoms with Crippen LogP contribution in [0.4, 0.5) is 0 Å². The van der Waals surface area contributed by atoms with Gasteiger partial charge in [0, 0.05) is 0 Å². The number of hydrogen-bond donors (Lipinski definition) is 2. The summed E-state index contributed by atoms with van der Waals surface area (Å²) in [7, 11) is -4.37. The summed E-state index contributed by atoms with van der Waals surface area (Å²) >= 11 is 0. The largest absolute Gasteiger partial charge is 1.00 e. The standard InChI is InChI=1S/C10H23O4P.Na.H/c1-4-7-8-9-10(5-2,6-3)14-15(11,12)13;;/h4-9H2,1-3H3,(H2,11,12,13);;/q;+1;-1. The number of rotatable bonds is 8. The van der Waals surface area contributed by atoms with Gasteiger partial charge in [0.1, 0.15) is 0 Å². The van der Waals surface area contributed by atoms with Gasteiger partial charge < -0.3 is 11.2 Å². The van der Waals surface area contributed by atoms with E-state index < -0.39 is 13.4 Å². The fourth-order valence-corrected chi connectivity index (χ4v) is 2.58. The van der Waals surface area contributed by atoms with Crippen molar-refractivity contribution in [2.45, 2.75) is 64.9 Å². The van der Waals surface area contributed by atoms with E-state index in [2.05, 4.69) is 6.92 Å². The van der Waals surface area contributed by atoms with Crippen LogP contribution in [0.5, 0.6) is 0 Å². The molecule has 0 spiro atoms. The van der Waals surface area contributed by atoms with Crippen LogP contribution < -0.4 is 29.6 Å². The van der Waals surface area contributed by atoms with Crippen molar-refractivity contribution >= 4 is 7.82 Å². The molecule has 0 radical (unpaired) electrons. The first-order valence-electron chi connectivity index (χ1n) is 5.65. The number of phosphoric ester groups is 1. The van der Waals surface area contributed by atoms with Gasteiger partial charge in [-0.25, -0.2) is 4.57 Å². The first-order valence-corrected chi connectivity index (χ1v) is 7.18. The molecule has 94 valence electrons. The quantitative estimate of drug-likeness (QED) is 0.376. The SMILES string of the molecule is CCCCCC(CC)(CC)OP(=O)(O)O.[H-].[Na+]. The Hall–Kier alpha value is 1.11. The molecule has 0 aromatic carbocycles. The normalized spacial score (nSPS) is 12.3. The number of hydrogen-bond acceptors (Lipinski definition) is 2. The molecule has 0 fully saturated rings. The van der Waals surface area contributed by atoms with Gasteiger partial charge in [-0.15, -0.1) is 0 Å². The maximum Gasteiger partial charge on any atom is 1.00 e. The molecule has 0 aliphatic rings. The van der Waals surface area contributed by atoms with Gasteiger partial charge >= 0.3 is 37.4 Å². The maximum absolute atomic E-state index is 10.9. The Bertz CT molecular complexity index is 218. The number of phosphoric acid groups is 1. The van der Waals surface area contributed by atoms with Crippen LogP contribution in [0.3, 0.4) is 0 Å². The predicted octanol–water partition coefficient (Wildman–Crippen LogP) is 0.351. The molecular weight excluding hydrogens is 238 g/mol. The fraction of sp³-hybridized carbons (Fsp3) is 1.00. The fourth-order valence-electron chi connectivity index (χ4n) is 1.73. The smallest absolute Gasteiger partial charge is 1.00 e. The molecule has 0 atom stereocenters. The van der Waals surface area contributed by atoms with Gasteiger partial charge in [-0.05, 0) is 19.3 Å². The summed E-state index contributed by atoms with van der Waals surface area (Å²) in [5.41, 5.74) is -0.645. The Balaban J connectivity index is -0.000000980. The van der Waals surface area contributed by atoms with Crippen LogP contribution in [0.25, 0.3) is 0 Å². The van der Waals surface area contributed by atoms with Crippen molar-refractivity contribution in [2.24, 2.45) is 0 Å². The zero-order chi connectivity index (χ0) is 11.9. The second-order valence-corrected chi connectivity index (χ2v) is 5.09. The summed E-state index contributed by atoms with van der Waals surface area (Å²) in [6.07, 6.45) is 5.12. The summed E-state index contributed by atoms with van der Waals surface area (Å²) in [6.45, 7) is 5.92. The minimum absolute atomic E-state index is 0. The summed E-state index contributed by atoms with van der Waals surface area (Å²) in [5.74, 6) is 0. The minimum Gasteiger partial charge on any atom is -1.00 e. The van der Waals surface area contributed by atoms with Gasteiger partial charge in [0.25, 0.3) is 0 Å². The van der Waals surface area contributed by atoms with E-state index in [1.165, 1.54) is 0 Å². The van der Waals surface area contributed by atoms with Gasteiger partial charge in [0.2, 0.25) is 0 Å². The zero-order valence-corrected chi connectivity index (χ0v) is 13.8.